The average Bonchev–Trinajstić information content (AvgIpc) is 2.24. The van der Waals surface area contributed by atoms with Gasteiger partial charge in [0.1, 0.15) is 17.4 Å². The van der Waals surface area contributed by atoms with Crippen LogP contribution in [0, 0.1) is 23.1 Å². The van der Waals surface area contributed by atoms with E-state index in [0.717, 1.165) is 0 Å². The van der Waals surface area contributed by atoms with Crippen molar-refractivity contribution in [3.05, 3.63) is 29.6 Å². The first-order valence-corrected chi connectivity index (χ1v) is 6.00. The van der Waals surface area contributed by atoms with E-state index in [1.807, 2.05) is 19.9 Å². The number of anilines is 1. The molecule has 0 radical (unpaired) electrons. The fourth-order valence-corrected chi connectivity index (χ4v) is 2.02. The minimum Gasteiger partial charge on any atom is -0.388 e. The van der Waals surface area contributed by atoms with Crippen LogP contribution in [0.15, 0.2) is 18.2 Å². The lowest BCUT2D eigenvalue weighted by atomic mass is 9.94. The van der Waals surface area contributed by atoms with Gasteiger partial charge < -0.3 is 10.4 Å². The highest BCUT2D eigenvalue weighted by Gasteiger charge is 2.22. The van der Waals surface area contributed by atoms with E-state index >= 15 is 0 Å². The molecule has 0 aliphatic rings. The number of rotatable bonds is 5. The number of hydrogen-bond acceptors (Lipinski definition) is 3. The molecule has 1 unspecified atom stereocenters. The Bertz CT molecular complexity index is 450. The van der Waals surface area contributed by atoms with Crippen LogP contribution in [0.5, 0.6) is 0 Å². The molecule has 98 valence electrons. The summed E-state index contributed by atoms with van der Waals surface area (Å²) in [7, 11) is 0. The second-order valence-electron chi connectivity index (χ2n) is 5.22. The largest absolute Gasteiger partial charge is 0.388 e. The van der Waals surface area contributed by atoms with Crippen molar-refractivity contribution in [3.8, 4) is 6.07 Å². The van der Waals surface area contributed by atoms with Gasteiger partial charge in [-0.3, -0.25) is 0 Å². The summed E-state index contributed by atoms with van der Waals surface area (Å²) in [4.78, 5) is 0. The van der Waals surface area contributed by atoms with Crippen molar-refractivity contribution >= 4 is 5.69 Å². The number of nitrogens with zero attached hydrogens (tertiary/aromatic N) is 1. The highest BCUT2D eigenvalue weighted by molar-refractivity contribution is 5.58. The molecule has 0 fully saturated rings. The molecular weight excluding hydrogens is 231 g/mol. The predicted molar refractivity (Wildman–Crippen MR) is 69.7 cm³/mol. The van der Waals surface area contributed by atoms with Crippen LogP contribution in [0.2, 0.25) is 0 Å². The summed E-state index contributed by atoms with van der Waals surface area (Å²) in [6, 6.07) is 6.24. The summed E-state index contributed by atoms with van der Waals surface area (Å²) in [6.07, 6.45) is 0.636. The van der Waals surface area contributed by atoms with E-state index in [-0.39, 0.29) is 12.1 Å². The lowest BCUT2D eigenvalue weighted by Gasteiger charge is -2.26. The lowest BCUT2D eigenvalue weighted by Crippen LogP contribution is -2.35. The van der Waals surface area contributed by atoms with Crippen LogP contribution in [0.1, 0.15) is 32.8 Å². The fraction of sp³-hybridized carbons (Fsp3) is 0.500. The zero-order valence-corrected chi connectivity index (χ0v) is 11.0. The summed E-state index contributed by atoms with van der Waals surface area (Å²) in [5, 5.41) is 22.0. The van der Waals surface area contributed by atoms with Gasteiger partial charge in [-0.2, -0.15) is 5.26 Å². The summed E-state index contributed by atoms with van der Waals surface area (Å²) in [5.41, 5.74) is -0.480. The van der Waals surface area contributed by atoms with Crippen LogP contribution < -0.4 is 5.32 Å². The third-order valence-corrected chi connectivity index (χ3v) is 2.63. The first-order valence-electron chi connectivity index (χ1n) is 6.00. The van der Waals surface area contributed by atoms with Gasteiger partial charge in [-0.15, -0.1) is 0 Å². The normalized spacial score (nSPS) is 14.1. The molecule has 0 aliphatic carbocycles. The van der Waals surface area contributed by atoms with Gasteiger partial charge in [0.2, 0.25) is 0 Å². The molecule has 0 spiro atoms. The van der Waals surface area contributed by atoms with Crippen LogP contribution in [0.25, 0.3) is 0 Å². The Morgan fingerprint density at radius 2 is 2.17 bits per heavy atom. The van der Waals surface area contributed by atoms with Crippen molar-refractivity contribution in [2.45, 2.75) is 32.8 Å². The maximum absolute atomic E-state index is 13.4. The average molecular weight is 250 g/mol. The van der Waals surface area contributed by atoms with Gasteiger partial charge >= 0.3 is 0 Å². The fourth-order valence-electron chi connectivity index (χ4n) is 2.02. The molecule has 1 rings (SSSR count). The third-order valence-electron chi connectivity index (χ3n) is 2.63. The van der Waals surface area contributed by atoms with Crippen LogP contribution in [0.4, 0.5) is 10.1 Å². The van der Waals surface area contributed by atoms with Gasteiger partial charge in [0.15, 0.2) is 0 Å². The molecule has 0 aromatic heterocycles. The Balaban J connectivity index is 2.75. The molecule has 1 aromatic carbocycles. The second-order valence-corrected chi connectivity index (χ2v) is 5.22. The number of nitrogens with one attached hydrogen (secondary N) is 1. The second kappa shape index (κ2) is 5.83. The molecule has 0 heterocycles. The zero-order chi connectivity index (χ0) is 13.8. The quantitative estimate of drug-likeness (QED) is 0.844. The van der Waals surface area contributed by atoms with Gasteiger partial charge in [0.25, 0.3) is 0 Å². The number of nitriles is 1. The third kappa shape index (κ3) is 4.01. The molecule has 1 atom stereocenters. The van der Waals surface area contributed by atoms with Crippen molar-refractivity contribution < 1.29 is 9.50 Å². The molecule has 0 aliphatic heterocycles. The number of benzene rings is 1. The Labute approximate surface area is 107 Å². The van der Waals surface area contributed by atoms with Crippen molar-refractivity contribution in [3.63, 3.8) is 0 Å². The maximum Gasteiger partial charge on any atom is 0.143 e. The summed E-state index contributed by atoms with van der Waals surface area (Å²) in [5.74, 6) is -0.184. The van der Waals surface area contributed by atoms with E-state index in [2.05, 4.69) is 5.32 Å². The number of aliphatic hydroxyl groups is 1. The Morgan fingerprint density at radius 3 is 2.72 bits per heavy atom. The standard InChI is InChI=1S/C14H19FN2O/c1-10(2)7-14(3,18)9-17-13-6-4-5-12(15)11(13)8-16/h4-6,10,17-18H,7,9H2,1-3H3. The lowest BCUT2D eigenvalue weighted by molar-refractivity contribution is 0.0515. The van der Waals surface area contributed by atoms with Gasteiger partial charge in [-0.25, -0.2) is 4.39 Å². The van der Waals surface area contributed by atoms with E-state index in [9.17, 15) is 9.50 Å². The highest BCUT2D eigenvalue weighted by Crippen LogP contribution is 2.21. The minimum atomic E-state index is -0.882. The Hall–Kier alpha value is -1.60. The Kier molecular flexibility index (Phi) is 4.69. The van der Waals surface area contributed by atoms with Gasteiger partial charge in [-0.1, -0.05) is 19.9 Å². The van der Waals surface area contributed by atoms with Gasteiger partial charge in [0.05, 0.1) is 11.3 Å². The van der Waals surface area contributed by atoms with Crippen molar-refractivity contribution in [1.29, 1.82) is 5.26 Å². The van der Waals surface area contributed by atoms with E-state index in [1.54, 1.807) is 13.0 Å². The molecule has 0 saturated heterocycles. The maximum atomic E-state index is 13.4. The molecule has 0 saturated carbocycles. The van der Waals surface area contributed by atoms with Gasteiger partial charge in [-0.05, 0) is 31.4 Å². The molecule has 18 heavy (non-hydrogen) atoms. The monoisotopic (exact) mass is 250 g/mol. The van der Waals surface area contributed by atoms with Crippen molar-refractivity contribution in [2.24, 2.45) is 5.92 Å². The highest BCUT2D eigenvalue weighted by atomic mass is 19.1. The van der Waals surface area contributed by atoms with Crippen molar-refractivity contribution in [2.75, 3.05) is 11.9 Å². The summed E-state index contributed by atoms with van der Waals surface area (Å²) in [6.45, 7) is 6.06. The Morgan fingerprint density at radius 1 is 1.50 bits per heavy atom. The SMILES string of the molecule is CC(C)CC(C)(O)CNc1cccc(F)c1C#N. The number of hydrogen-bond donors (Lipinski definition) is 2. The topological polar surface area (TPSA) is 56.0 Å². The zero-order valence-electron chi connectivity index (χ0n) is 11.0. The smallest absolute Gasteiger partial charge is 0.143 e. The van der Waals surface area contributed by atoms with E-state index < -0.39 is 11.4 Å². The van der Waals surface area contributed by atoms with Crippen LogP contribution >= 0.6 is 0 Å². The predicted octanol–water partition coefficient (Wildman–Crippen LogP) is 2.91. The van der Waals surface area contributed by atoms with Crippen LogP contribution in [0.3, 0.4) is 0 Å². The minimum absolute atomic E-state index is 0.0159. The molecule has 1 aromatic rings. The molecule has 3 nitrogen and oxygen atoms in total. The first-order chi connectivity index (χ1) is 8.35. The molecule has 2 N–H and O–H groups in total. The van der Waals surface area contributed by atoms with E-state index in [0.29, 0.717) is 18.0 Å². The van der Waals surface area contributed by atoms with Crippen molar-refractivity contribution in [1.82, 2.24) is 0 Å². The molecule has 4 heteroatoms. The van der Waals surface area contributed by atoms with Gasteiger partial charge in [0, 0.05) is 6.54 Å². The van der Waals surface area contributed by atoms with Crippen LogP contribution in [-0.4, -0.2) is 17.3 Å². The first kappa shape index (κ1) is 14.5. The van der Waals surface area contributed by atoms with E-state index in [1.165, 1.54) is 12.1 Å². The summed E-state index contributed by atoms with van der Waals surface area (Å²) >= 11 is 0. The van der Waals surface area contributed by atoms with Crippen LogP contribution in [-0.2, 0) is 0 Å². The number of halogens is 1. The summed E-state index contributed by atoms with van der Waals surface area (Å²) < 4.78 is 13.4. The van der Waals surface area contributed by atoms with E-state index in [4.69, 9.17) is 5.26 Å². The molecule has 0 amide bonds. The molecule has 0 bridgehead atoms. The molecular formula is C14H19FN2O.